The van der Waals surface area contributed by atoms with E-state index in [0.29, 0.717) is 18.2 Å². The highest BCUT2D eigenvalue weighted by atomic mass is 16.5. The summed E-state index contributed by atoms with van der Waals surface area (Å²) in [6, 6.07) is 3.54. The maximum Gasteiger partial charge on any atom is 0.180 e. The van der Waals surface area contributed by atoms with Crippen molar-refractivity contribution >= 4 is 5.82 Å². The lowest BCUT2D eigenvalue weighted by molar-refractivity contribution is 0.181. The van der Waals surface area contributed by atoms with E-state index in [1.165, 1.54) is 0 Å². The Hall–Kier alpha value is -1.95. The van der Waals surface area contributed by atoms with Crippen molar-refractivity contribution in [3.63, 3.8) is 0 Å². The summed E-state index contributed by atoms with van der Waals surface area (Å²) in [6.45, 7) is 0.414. The number of methoxy groups -OCH3 is 1. The number of aryl methyl sites for hydroxylation is 1. The van der Waals surface area contributed by atoms with Crippen molar-refractivity contribution in [1.82, 2.24) is 19.7 Å². The van der Waals surface area contributed by atoms with Crippen LogP contribution < -0.4 is 5.73 Å². The van der Waals surface area contributed by atoms with Crippen molar-refractivity contribution in [2.75, 3.05) is 12.8 Å². The first-order chi connectivity index (χ1) is 7.70. The molecular weight excluding hydrogens is 206 g/mol. The molecule has 2 aromatic heterocycles. The Morgan fingerprint density at radius 1 is 1.44 bits per heavy atom. The van der Waals surface area contributed by atoms with Gasteiger partial charge in [-0.15, -0.1) is 0 Å². The summed E-state index contributed by atoms with van der Waals surface area (Å²) in [5.41, 5.74) is 7.29. The molecule has 0 aromatic carbocycles. The average Bonchev–Trinajstić information content (AvgIpc) is 2.64. The molecule has 16 heavy (non-hydrogen) atoms. The van der Waals surface area contributed by atoms with Crippen LogP contribution in [0.15, 0.2) is 18.3 Å². The lowest BCUT2D eigenvalue weighted by atomic mass is 10.3. The molecule has 0 aliphatic carbocycles. The Balaban J connectivity index is 2.45. The normalized spacial score (nSPS) is 10.6. The Labute approximate surface area is 93.1 Å². The molecule has 0 aliphatic heterocycles. The summed E-state index contributed by atoms with van der Waals surface area (Å²) >= 11 is 0. The van der Waals surface area contributed by atoms with E-state index in [9.17, 15) is 0 Å². The van der Waals surface area contributed by atoms with Crippen LogP contribution in [0.5, 0.6) is 0 Å². The van der Waals surface area contributed by atoms with E-state index in [1.54, 1.807) is 24.1 Å². The smallest absolute Gasteiger partial charge is 0.180 e. The third-order valence-corrected chi connectivity index (χ3v) is 2.14. The number of anilines is 1. The van der Waals surface area contributed by atoms with Gasteiger partial charge in [0, 0.05) is 26.4 Å². The predicted molar refractivity (Wildman–Crippen MR) is 59.4 cm³/mol. The first-order valence-electron chi connectivity index (χ1n) is 4.81. The molecule has 2 heterocycles. The Kier molecular flexibility index (Phi) is 2.82. The number of nitrogens with zero attached hydrogens (tertiary/aromatic N) is 4. The van der Waals surface area contributed by atoms with Crippen LogP contribution in [0.25, 0.3) is 11.5 Å². The van der Waals surface area contributed by atoms with Crippen LogP contribution in [0.1, 0.15) is 5.69 Å². The lowest BCUT2D eigenvalue weighted by Gasteiger charge is -2.05. The van der Waals surface area contributed by atoms with Gasteiger partial charge in [-0.1, -0.05) is 0 Å². The molecule has 6 nitrogen and oxygen atoms in total. The summed E-state index contributed by atoms with van der Waals surface area (Å²) < 4.78 is 6.72. The minimum Gasteiger partial charge on any atom is -0.384 e. The molecular formula is C10H13N5O. The number of nitrogen functional groups attached to an aromatic ring is 1. The Bertz CT molecular complexity index is 494. The second-order valence-electron chi connectivity index (χ2n) is 3.38. The SMILES string of the molecule is COCc1cc(N)nc(-c2ccnn2C)n1. The van der Waals surface area contributed by atoms with Crippen LogP contribution in [-0.4, -0.2) is 26.9 Å². The number of nitrogens with two attached hydrogens (primary N) is 1. The summed E-state index contributed by atoms with van der Waals surface area (Å²) in [5.74, 6) is 0.991. The molecule has 2 aromatic rings. The largest absolute Gasteiger partial charge is 0.384 e. The second kappa shape index (κ2) is 4.28. The second-order valence-corrected chi connectivity index (χ2v) is 3.38. The molecule has 84 valence electrons. The molecule has 0 amide bonds. The van der Waals surface area contributed by atoms with Crippen LogP contribution in [0.3, 0.4) is 0 Å². The van der Waals surface area contributed by atoms with E-state index in [2.05, 4.69) is 15.1 Å². The monoisotopic (exact) mass is 219 g/mol. The average molecular weight is 219 g/mol. The highest BCUT2D eigenvalue weighted by molar-refractivity contribution is 5.52. The number of ether oxygens (including phenoxy) is 1. The number of rotatable bonds is 3. The molecule has 6 heteroatoms. The fraction of sp³-hybridized carbons (Fsp3) is 0.300. The zero-order chi connectivity index (χ0) is 11.5. The van der Waals surface area contributed by atoms with E-state index in [4.69, 9.17) is 10.5 Å². The Morgan fingerprint density at radius 3 is 2.88 bits per heavy atom. The molecule has 2 N–H and O–H groups in total. The standard InChI is InChI=1S/C10H13N5O/c1-15-8(3-4-12-15)10-13-7(6-16-2)5-9(11)14-10/h3-5H,6H2,1-2H3,(H2,11,13,14). The van der Waals surface area contributed by atoms with Gasteiger partial charge in [-0.05, 0) is 6.07 Å². The molecule has 2 rings (SSSR count). The third kappa shape index (κ3) is 2.01. The van der Waals surface area contributed by atoms with Gasteiger partial charge < -0.3 is 10.5 Å². The van der Waals surface area contributed by atoms with Crippen LogP contribution >= 0.6 is 0 Å². The van der Waals surface area contributed by atoms with Crippen molar-refractivity contribution < 1.29 is 4.74 Å². The van der Waals surface area contributed by atoms with Gasteiger partial charge in [-0.2, -0.15) is 5.10 Å². The zero-order valence-corrected chi connectivity index (χ0v) is 9.21. The van der Waals surface area contributed by atoms with Crippen molar-refractivity contribution in [3.05, 3.63) is 24.0 Å². The van der Waals surface area contributed by atoms with Crippen molar-refractivity contribution in [2.24, 2.45) is 7.05 Å². The quantitative estimate of drug-likeness (QED) is 0.818. The minimum atomic E-state index is 0.414. The predicted octanol–water partition coefficient (Wildman–Crippen LogP) is 0.606. The van der Waals surface area contributed by atoms with Crippen molar-refractivity contribution in [3.8, 4) is 11.5 Å². The van der Waals surface area contributed by atoms with Crippen molar-refractivity contribution in [2.45, 2.75) is 6.61 Å². The van der Waals surface area contributed by atoms with Gasteiger partial charge in [0.15, 0.2) is 5.82 Å². The summed E-state index contributed by atoms with van der Waals surface area (Å²) in [6.07, 6.45) is 1.69. The van der Waals surface area contributed by atoms with E-state index < -0.39 is 0 Å². The maximum absolute atomic E-state index is 5.71. The van der Waals surface area contributed by atoms with Gasteiger partial charge in [-0.25, -0.2) is 9.97 Å². The molecule has 0 radical (unpaired) electrons. The zero-order valence-electron chi connectivity index (χ0n) is 9.21. The fourth-order valence-electron chi connectivity index (χ4n) is 1.45. The van der Waals surface area contributed by atoms with Crippen molar-refractivity contribution in [1.29, 1.82) is 0 Å². The molecule has 0 fully saturated rings. The first-order valence-corrected chi connectivity index (χ1v) is 4.81. The lowest BCUT2D eigenvalue weighted by Crippen LogP contribution is -2.04. The topological polar surface area (TPSA) is 78.9 Å². The summed E-state index contributed by atoms with van der Waals surface area (Å²) in [4.78, 5) is 8.52. The maximum atomic E-state index is 5.71. The number of hydrogen-bond donors (Lipinski definition) is 1. The highest BCUT2D eigenvalue weighted by Crippen LogP contribution is 2.15. The van der Waals surface area contributed by atoms with Gasteiger partial charge in [0.25, 0.3) is 0 Å². The van der Waals surface area contributed by atoms with Crippen LogP contribution in [0.4, 0.5) is 5.82 Å². The van der Waals surface area contributed by atoms with Crippen LogP contribution in [-0.2, 0) is 18.4 Å². The molecule has 0 aliphatic rings. The Morgan fingerprint density at radius 2 is 2.25 bits per heavy atom. The van der Waals surface area contributed by atoms with Gasteiger partial charge in [0.2, 0.25) is 0 Å². The molecule has 0 spiro atoms. The third-order valence-electron chi connectivity index (χ3n) is 2.14. The van der Waals surface area contributed by atoms with Gasteiger partial charge in [-0.3, -0.25) is 4.68 Å². The summed E-state index contributed by atoms with van der Waals surface area (Å²) in [7, 11) is 3.44. The molecule has 0 atom stereocenters. The van der Waals surface area contributed by atoms with Gasteiger partial charge in [0.05, 0.1) is 12.3 Å². The van der Waals surface area contributed by atoms with Crippen LogP contribution in [0.2, 0.25) is 0 Å². The number of aromatic nitrogens is 4. The van der Waals surface area contributed by atoms with E-state index in [-0.39, 0.29) is 0 Å². The number of hydrogen-bond acceptors (Lipinski definition) is 5. The van der Waals surface area contributed by atoms with Crippen LogP contribution in [0, 0.1) is 0 Å². The molecule has 0 unspecified atom stereocenters. The van der Waals surface area contributed by atoms with Gasteiger partial charge in [0.1, 0.15) is 11.5 Å². The molecule has 0 bridgehead atoms. The molecule has 0 saturated carbocycles. The van der Waals surface area contributed by atoms with E-state index in [1.807, 2.05) is 13.1 Å². The van der Waals surface area contributed by atoms with Gasteiger partial charge >= 0.3 is 0 Å². The first kappa shape index (κ1) is 10.6. The minimum absolute atomic E-state index is 0.414. The van der Waals surface area contributed by atoms with E-state index >= 15 is 0 Å². The highest BCUT2D eigenvalue weighted by Gasteiger charge is 2.08. The fourth-order valence-corrected chi connectivity index (χ4v) is 1.45. The van der Waals surface area contributed by atoms with E-state index in [0.717, 1.165) is 11.4 Å². The molecule has 0 saturated heterocycles. The summed E-state index contributed by atoms with van der Waals surface area (Å²) in [5, 5.41) is 4.06.